The van der Waals surface area contributed by atoms with Crippen molar-refractivity contribution >= 4 is 5.91 Å². The Morgan fingerprint density at radius 2 is 2.00 bits per heavy atom. The number of pyridine rings is 1. The Kier molecular flexibility index (Phi) is 5.09. The Morgan fingerprint density at radius 3 is 2.81 bits per heavy atom. The van der Waals surface area contributed by atoms with E-state index in [4.69, 9.17) is 4.74 Å². The van der Waals surface area contributed by atoms with Crippen molar-refractivity contribution in [1.29, 1.82) is 0 Å². The van der Waals surface area contributed by atoms with Gasteiger partial charge in [0.15, 0.2) is 0 Å². The highest BCUT2D eigenvalue weighted by atomic mass is 16.5. The summed E-state index contributed by atoms with van der Waals surface area (Å²) in [6.45, 7) is 2.14. The van der Waals surface area contributed by atoms with Gasteiger partial charge in [0.2, 0.25) is 5.88 Å². The second kappa shape index (κ2) is 7.81. The molecule has 136 valence electrons. The number of hydrogen-bond acceptors (Lipinski definition) is 5. The van der Waals surface area contributed by atoms with E-state index in [0.717, 1.165) is 44.5 Å². The predicted octanol–water partition coefficient (Wildman–Crippen LogP) is 2.68. The van der Waals surface area contributed by atoms with E-state index in [1.807, 2.05) is 17.0 Å². The zero-order valence-corrected chi connectivity index (χ0v) is 14.9. The van der Waals surface area contributed by atoms with Gasteiger partial charge in [-0.25, -0.2) is 0 Å². The lowest BCUT2D eigenvalue weighted by molar-refractivity contribution is 0.0653. The fourth-order valence-corrected chi connectivity index (χ4v) is 3.70. The Morgan fingerprint density at radius 1 is 1.15 bits per heavy atom. The van der Waals surface area contributed by atoms with Crippen LogP contribution >= 0.6 is 0 Å². The maximum Gasteiger partial charge on any atom is 0.272 e. The van der Waals surface area contributed by atoms with Gasteiger partial charge in [0.25, 0.3) is 5.91 Å². The van der Waals surface area contributed by atoms with Crippen molar-refractivity contribution in [2.45, 2.75) is 38.5 Å². The summed E-state index contributed by atoms with van der Waals surface area (Å²) in [7, 11) is 0. The smallest absolute Gasteiger partial charge is 0.272 e. The van der Waals surface area contributed by atoms with E-state index in [1.54, 1.807) is 12.3 Å². The molecule has 0 unspecified atom stereocenters. The predicted molar refractivity (Wildman–Crippen MR) is 97.0 cm³/mol. The second-order valence-electron chi connectivity index (χ2n) is 7.12. The average molecular weight is 352 g/mol. The molecule has 26 heavy (non-hydrogen) atoms. The number of likely N-dealkylation sites (tertiary alicyclic amines) is 1. The van der Waals surface area contributed by atoms with E-state index in [0.29, 0.717) is 24.1 Å². The summed E-state index contributed by atoms with van der Waals surface area (Å²) in [5.41, 5.74) is 2.94. The zero-order valence-electron chi connectivity index (χ0n) is 14.9. The van der Waals surface area contributed by atoms with Gasteiger partial charge in [-0.15, -0.1) is 5.10 Å². The first-order valence-electron chi connectivity index (χ1n) is 9.48. The summed E-state index contributed by atoms with van der Waals surface area (Å²) in [6.07, 6.45) is 8.08. The van der Waals surface area contributed by atoms with Crippen molar-refractivity contribution in [1.82, 2.24) is 20.1 Å². The molecule has 6 nitrogen and oxygen atoms in total. The molecule has 1 saturated heterocycles. The number of hydrogen-bond donors (Lipinski definition) is 0. The Labute approximate surface area is 153 Å². The van der Waals surface area contributed by atoms with Gasteiger partial charge >= 0.3 is 0 Å². The van der Waals surface area contributed by atoms with E-state index in [-0.39, 0.29) is 5.91 Å². The molecule has 0 N–H and O–H groups in total. The maximum atomic E-state index is 12.4. The number of amides is 1. The van der Waals surface area contributed by atoms with Crippen LogP contribution in [-0.2, 0) is 12.8 Å². The lowest BCUT2D eigenvalue weighted by Crippen LogP contribution is -2.40. The monoisotopic (exact) mass is 352 g/mol. The van der Waals surface area contributed by atoms with Crippen LogP contribution in [0.3, 0.4) is 0 Å². The molecule has 3 heterocycles. The first kappa shape index (κ1) is 16.9. The van der Waals surface area contributed by atoms with Crippen molar-refractivity contribution in [2.75, 3.05) is 19.7 Å². The quantitative estimate of drug-likeness (QED) is 0.846. The molecule has 1 aliphatic carbocycles. The van der Waals surface area contributed by atoms with Gasteiger partial charge in [0, 0.05) is 25.4 Å². The number of aryl methyl sites for hydroxylation is 2. The van der Waals surface area contributed by atoms with Crippen LogP contribution < -0.4 is 4.74 Å². The van der Waals surface area contributed by atoms with Crippen LogP contribution in [0.2, 0.25) is 0 Å². The van der Waals surface area contributed by atoms with E-state index < -0.39 is 0 Å². The third-order valence-electron chi connectivity index (χ3n) is 5.30. The molecule has 2 aliphatic rings. The average Bonchev–Trinajstić information content (AvgIpc) is 2.72. The third kappa shape index (κ3) is 3.84. The lowest BCUT2D eigenvalue weighted by Gasteiger charge is -2.31. The molecule has 0 bridgehead atoms. The van der Waals surface area contributed by atoms with E-state index in [9.17, 15) is 4.79 Å². The van der Waals surface area contributed by atoms with Crippen molar-refractivity contribution < 1.29 is 9.53 Å². The molecule has 0 atom stereocenters. The number of rotatable bonds is 4. The van der Waals surface area contributed by atoms with Gasteiger partial charge < -0.3 is 9.64 Å². The molecule has 0 saturated carbocycles. The number of fused-ring (bicyclic) bond motifs is 1. The molecule has 2 aromatic rings. The normalized spacial score (nSPS) is 17.6. The fourth-order valence-electron chi connectivity index (χ4n) is 3.70. The van der Waals surface area contributed by atoms with Crippen LogP contribution in [0.25, 0.3) is 0 Å². The topological polar surface area (TPSA) is 68.2 Å². The molecule has 0 aromatic carbocycles. The minimum absolute atomic E-state index is 0.0190. The van der Waals surface area contributed by atoms with Gasteiger partial charge in [0.05, 0.1) is 12.3 Å². The molecule has 6 heteroatoms. The Balaban J connectivity index is 1.27. The van der Waals surface area contributed by atoms with Crippen molar-refractivity contribution in [3.05, 3.63) is 47.4 Å². The second-order valence-corrected chi connectivity index (χ2v) is 7.12. The van der Waals surface area contributed by atoms with Crippen molar-refractivity contribution in [2.24, 2.45) is 5.92 Å². The first-order valence-corrected chi connectivity index (χ1v) is 9.48. The van der Waals surface area contributed by atoms with Gasteiger partial charge in [-0.05, 0) is 62.1 Å². The lowest BCUT2D eigenvalue weighted by atomic mass is 9.97. The van der Waals surface area contributed by atoms with Crippen LogP contribution in [0.5, 0.6) is 5.88 Å². The summed E-state index contributed by atoms with van der Waals surface area (Å²) < 4.78 is 5.90. The third-order valence-corrected chi connectivity index (χ3v) is 5.30. The molecule has 0 radical (unpaired) electrons. The minimum atomic E-state index is 0.0190. The first-order chi connectivity index (χ1) is 12.8. The number of piperidine rings is 1. The van der Waals surface area contributed by atoms with Crippen LogP contribution in [0.1, 0.15) is 47.4 Å². The van der Waals surface area contributed by atoms with E-state index >= 15 is 0 Å². The van der Waals surface area contributed by atoms with Gasteiger partial charge in [-0.1, -0.05) is 6.07 Å². The van der Waals surface area contributed by atoms with E-state index in [1.165, 1.54) is 18.4 Å². The number of ether oxygens (including phenoxy) is 1. The molecule has 2 aromatic heterocycles. The highest BCUT2D eigenvalue weighted by molar-refractivity contribution is 5.92. The number of aromatic nitrogens is 3. The molecule has 1 aliphatic heterocycles. The number of carbonyl (C=O) groups excluding carboxylic acids is 1. The summed E-state index contributed by atoms with van der Waals surface area (Å²) >= 11 is 0. The fraction of sp³-hybridized carbons (Fsp3) is 0.500. The van der Waals surface area contributed by atoms with Gasteiger partial charge in [0.1, 0.15) is 5.69 Å². The summed E-state index contributed by atoms with van der Waals surface area (Å²) in [5.74, 6) is 1.10. The highest BCUT2D eigenvalue weighted by Crippen LogP contribution is 2.23. The Hall–Kier alpha value is -2.50. The van der Waals surface area contributed by atoms with Crippen molar-refractivity contribution in [3.63, 3.8) is 0 Å². The molecule has 0 spiro atoms. The SMILES string of the molecule is O=C(c1ccccn1)N1CCC(COc2cc3c(nn2)CCCC3)CC1. The van der Waals surface area contributed by atoms with Crippen LogP contribution in [-0.4, -0.2) is 45.7 Å². The molecular formula is C20H24N4O2. The van der Waals surface area contributed by atoms with Crippen LogP contribution in [0.15, 0.2) is 30.5 Å². The molecule has 1 fully saturated rings. The van der Waals surface area contributed by atoms with Crippen molar-refractivity contribution in [3.8, 4) is 5.88 Å². The number of carbonyl (C=O) groups is 1. The molecule has 1 amide bonds. The zero-order chi connectivity index (χ0) is 17.8. The summed E-state index contributed by atoms with van der Waals surface area (Å²) in [6, 6.07) is 7.50. The largest absolute Gasteiger partial charge is 0.476 e. The van der Waals surface area contributed by atoms with Gasteiger partial charge in [-0.3, -0.25) is 9.78 Å². The van der Waals surface area contributed by atoms with E-state index in [2.05, 4.69) is 21.2 Å². The molecular weight excluding hydrogens is 328 g/mol. The van der Waals surface area contributed by atoms with Crippen LogP contribution in [0.4, 0.5) is 0 Å². The molecule has 4 rings (SSSR count). The maximum absolute atomic E-state index is 12.4. The highest BCUT2D eigenvalue weighted by Gasteiger charge is 2.25. The number of nitrogens with zero attached hydrogens (tertiary/aromatic N) is 4. The van der Waals surface area contributed by atoms with Gasteiger partial charge in [-0.2, -0.15) is 5.10 Å². The summed E-state index contributed by atoms with van der Waals surface area (Å²) in [4.78, 5) is 18.5. The Bertz CT molecular complexity index is 758. The standard InChI is InChI=1S/C20H24N4O2/c25-20(18-7-3-4-10-21-18)24-11-8-15(9-12-24)14-26-19-13-16-5-1-2-6-17(16)22-23-19/h3-4,7,10,13,15H,1-2,5-6,8-9,11-12,14H2. The van der Waals surface area contributed by atoms with Crippen LogP contribution in [0, 0.1) is 5.92 Å². The minimum Gasteiger partial charge on any atom is -0.476 e. The summed E-state index contributed by atoms with van der Waals surface area (Å²) in [5, 5.41) is 8.53.